The molecule has 3 aliphatic heterocycles. The van der Waals surface area contributed by atoms with Crippen LogP contribution in [0.3, 0.4) is 0 Å². The summed E-state index contributed by atoms with van der Waals surface area (Å²) in [6.07, 6.45) is 5.54. The Morgan fingerprint density at radius 3 is 2.70 bits per heavy atom. The van der Waals surface area contributed by atoms with Crippen LogP contribution in [0, 0.1) is 17.6 Å². The van der Waals surface area contributed by atoms with E-state index in [1.807, 2.05) is 4.90 Å². The number of nitrogens with zero attached hydrogens (tertiary/aromatic N) is 2. The Hall–Kier alpha value is -1.77. The van der Waals surface area contributed by atoms with Gasteiger partial charge in [0.2, 0.25) is 5.91 Å². The summed E-state index contributed by atoms with van der Waals surface area (Å²) in [6.45, 7) is 2.34. The normalized spacial score (nSPS) is 30.8. The number of nitrogens with one attached hydrogen (secondary N) is 2. The first-order chi connectivity index (χ1) is 14.5. The van der Waals surface area contributed by atoms with E-state index in [0.717, 1.165) is 57.7 Å². The quantitative estimate of drug-likeness (QED) is 0.694. The monoisotopic (exact) mass is 420 g/mol. The van der Waals surface area contributed by atoms with E-state index < -0.39 is 11.6 Å². The second kappa shape index (κ2) is 7.73. The minimum atomic E-state index is -0.583. The molecular formula is C22H30F2N4O2. The molecule has 1 aromatic rings. The summed E-state index contributed by atoms with van der Waals surface area (Å²) in [6, 6.07) is 2.60. The van der Waals surface area contributed by atoms with Crippen molar-refractivity contribution in [3.8, 4) is 0 Å². The molecular weight excluding hydrogens is 390 g/mol. The van der Waals surface area contributed by atoms with Crippen LogP contribution in [-0.4, -0.2) is 61.0 Å². The van der Waals surface area contributed by atoms with Crippen molar-refractivity contribution in [3.05, 3.63) is 29.3 Å². The fourth-order valence-corrected chi connectivity index (χ4v) is 6.13. The smallest absolute Gasteiger partial charge is 0.226 e. The van der Waals surface area contributed by atoms with Crippen LogP contribution in [0.4, 0.5) is 14.5 Å². The largest absolute Gasteiger partial charge is 0.395 e. The van der Waals surface area contributed by atoms with Gasteiger partial charge in [-0.3, -0.25) is 15.0 Å². The number of halogens is 2. The molecule has 0 aromatic heterocycles. The van der Waals surface area contributed by atoms with Gasteiger partial charge < -0.3 is 15.3 Å². The van der Waals surface area contributed by atoms with Gasteiger partial charge in [-0.05, 0) is 31.7 Å². The lowest BCUT2D eigenvalue weighted by Gasteiger charge is -2.48. The van der Waals surface area contributed by atoms with E-state index in [1.54, 1.807) is 0 Å². The summed E-state index contributed by atoms with van der Waals surface area (Å²) < 4.78 is 28.8. The number of aliphatic hydroxyl groups excluding tert-OH is 1. The van der Waals surface area contributed by atoms with Crippen molar-refractivity contribution in [2.45, 2.75) is 56.3 Å². The number of aliphatic hydroxyl groups is 1. The number of piperidine rings is 1. The average molecular weight is 421 g/mol. The third-order valence-electron chi connectivity index (χ3n) is 7.64. The fourth-order valence-electron chi connectivity index (χ4n) is 6.13. The molecule has 1 aliphatic carbocycles. The molecule has 30 heavy (non-hydrogen) atoms. The molecule has 3 atom stereocenters. The van der Waals surface area contributed by atoms with Crippen molar-refractivity contribution in [2.24, 2.45) is 5.92 Å². The maximum absolute atomic E-state index is 14.9. The van der Waals surface area contributed by atoms with Gasteiger partial charge in [0.25, 0.3) is 0 Å². The van der Waals surface area contributed by atoms with Crippen molar-refractivity contribution in [3.63, 3.8) is 0 Å². The Kier molecular flexibility index (Phi) is 5.19. The topological polar surface area (TPSA) is 67.8 Å². The first-order valence-electron chi connectivity index (χ1n) is 11.2. The van der Waals surface area contributed by atoms with Crippen LogP contribution >= 0.6 is 0 Å². The summed E-state index contributed by atoms with van der Waals surface area (Å²) in [5, 5.41) is 16.2. The fraction of sp³-hybridized carbons (Fsp3) is 0.682. The van der Waals surface area contributed by atoms with Gasteiger partial charge in [0.15, 0.2) is 0 Å². The van der Waals surface area contributed by atoms with Crippen LogP contribution in [0.15, 0.2) is 12.1 Å². The zero-order valence-electron chi connectivity index (χ0n) is 17.2. The number of fused-ring (bicyclic) bond motifs is 3. The zero-order valence-corrected chi connectivity index (χ0v) is 17.2. The number of β-amino-alcohol motifs (C(OH)–C–C–N with tert-alkyl or cyclic N) is 1. The van der Waals surface area contributed by atoms with Gasteiger partial charge in [0.1, 0.15) is 17.9 Å². The van der Waals surface area contributed by atoms with Crippen LogP contribution in [0.2, 0.25) is 0 Å². The van der Waals surface area contributed by atoms with E-state index >= 15 is 0 Å². The number of carbonyl (C=O) groups is 1. The average Bonchev–Trinajstić information content (AvgIpc) is 3.02. The molecule has 3 fully saturated rings. The standard InChI is InChI=1S/C22H30F2N4O2/c23-14-11-16(24)19-18(12-14)28(9-10-29)13-22(19)5-7-27(8-6-22)21-25-17-4-2-1-3-15(17)20(30)26-21/h11-12,15,17,21,25,29H,1-10,13H2,(H,26,30). The molecule has 0 bridgehead atoms. The predicted octanol–water partition coefficient (Wildman–Crippen LogP) is 1.67. The van der Waals surface area contributed by atoms with Crippen molar-refractivity contribution >= 4 is 11.6 Å². The Morgan fingerprint density at radius 2 is 1.93 bits per heavy atom. The first-order valence-corrected chi connectivity index (χ1v) is 11.2. The maximum Gasteiger partial charge on any atom is 0.226 e. The van der Waals surface area contributed by atoms with E-state index in [4.69, 9.17) is 0 Å². The minimum absolute atomic E-state index is 0.0552. The van der Waals surface area contributed by atoms with Crippen LogP contribution in [0.5, 0.6) is 0 Å². The van der Waals surface area contributed by atoms with Gasteiger partial charge in [0, 0.05) is 55.0 Å². The van der Waals surface area contributed by atoms with Crippen molar-refractivity contribution in [1.29, 1.82) is 0 Å². The highest BCUT2D eigenvalue weighted by Crippen LogP contribution is 2.48. The number of amides is 1. The number of hydrogen-bond donors (Lipinski definition) is 3. The first kappa shape index (κ1) is 20.2. The summed E-state index contributed by atoms with van der Waals surface area (Å²) >= 11 is 0. The van der Waals surface area contributed by atoms with E-state index in [2.05, 4.69) is 15.5 Å². The lowest BCUT2D eigenvalue weighted by molar-refractivity contribution is -0.134. The summed E-state index contributed by atoms with van der Waals surface area (Å²) in [5.74, 6) is -0.859. The number of carbonyl (C=O) groups excluding carboxylic acids is 1. The molecule has 1 amide bonds. The molecule has 6 nitrogen and oxygen atoms in total. The maximum atomic E-state index is 14.9. The third-order valence-corrected chi connectivity index (χ3v) is 7.64. The highest BCUT2D eigenvalue weighted by molar-refractivity contribution is 5.80. The van der Waals surface area contributed by atoms with Gasteiger partial charge in [0.05, 0.1) is 12.5 Å². The Bertz CT molecular complexity index is 828. The number of benzene rings is 1. The Morgan fingerprint density at radius 1 is 1.17 bits per heavy atom. The van der Waals surface area contributed by atoms with E-state index in [1.165, 1.54) is 6.07 Å². The summed E-state index contributed by atoms with van der Waals surface area (Å²) in [5.41, 5.74) is 0.777. The molecule has 3 N–H and O–H groups in total. The molecule has 1 saturated carbocycles. The molecule has 8 heteroatoms. The summed E-state index contributed by atoms with van der Waals surface area (Å²) in [4.78, 5) is 16.7. The molecule has 2 saturated heterocycles. The van der Waals surface area contributed by atoms with Crippen molar-refractivity contribution < 1.29 is 18.7 Å². The highest BCUT2D eigenvalue weighted by atomic mass is 19.1. The predicted molar refractivity (Wildman–Crippen MR) is 109 cm³/mol. The molecule has 3 heterocycles. The number of rotatable bonds is 3. The molecule has 1 aromatic carbocycles. The van der Waals surface area contributed by atoms with E-state index in [-0.39, 0.29) is 36.2 Å². The van der Waals surface area contributed by atoms with Crippen LogP contribution in [0.1, 0.15) is 44.1 Å². The zero-order chi connectivity index (χ0) is 20.9. The van der Waals surface area contributed by atoms with Gasteiger partial charge >= 0.3 is 0 Å². The Labute approximate surface area is 175 Å². The van der Waals surface area contributed by atoms with Crippen molar-refractivity contribution in [2.75, 3.05) is 37.7 Å². The molecule has 3 unspecified atom stereocenters. The molecule has 1 spiro atoms. The SMILES string of the molecule is O=C1NC(N2CCC3(CC2)CN(CCO)c2cc(F)cc(F)c23)NC2CCCCC12. The summed E-state index contributed by atoms with van der Waals surface area (Å²) in [7, 11) is 0. The molecule has 5 rings (SSSR count). The number of anilines is 1. The highest BCUT2D eigenvalue weighted by Gasteiger charge is 2.48. The molecule has 164 valence electrons. The Balaban J connectivity index is 1.33. The molecule has 0 radical (unpaired) electrons. The van der Waals surface area contributed by atoms with Crippen LogP contribution in [-0.2, 0) is 10.2 Å². The number of hydrogen-bond acceptors (Lipinski definition) is 5. The lowest BCUT2D eigenvalue weighted by atomic mass is 9.74. The van der Waals surface area contributed by atoms with Gasteiger partial charge in [-0.1, -0.05) is 12.8 Å². The number of likely N-dealkylation sites (tertiary alicyclic amines) is 1. The van der Waals surface area contributed by atoms with E-state index in [0.29, 0.717) is 24.3 Å². The molecule has 4 aliphatic rings. The van der Waals surface area contributed by atoms with E-state index in [9.17, 15) is 18.7 Å². The third kappa shape index (κ3) is 3.29. The van der Waals surface area contributed by atoms with Crippen molar-refractivity contribution in [1.82, 2.24) is 15.5 Å². The second-order valence-corrected chi connectivity index (χ2v) is 9.32. The van der Waals surface area contributed by atoms with Gasteiger partial charge in [-0.25, -0.2) is 8.78 Å². The van der Waals surface area contributed by atoms with Gasteiger partial charge in [-0.15, -0.1) is 0 Å². The minimum Gasteiger partial charge on any atom is -0.395 e. The van der Waals surface area contributed by atoms with Crippen LogP contribution < -0.4 is 15.5 Å². The van der Waals surface area contributed by atoms with Crippen LogP contribution in [0.25, 0.3) is 0 Å². The lowest BCUT2D eigenvalue weighted by Crippen LogP contribution is -2.69. The second-order valence-electron chi connectivity index (χ2n) is 9.32. The van der Waals surface area contributed by atoms with Gasteiger partial charge in [-0.2, -0.15) is 0 Å².